The number of unbranched alkanes of at least 4 members (excludes halogenated alkanes) is 10. The largest absolute Gasteiger partial charge is 0.457 e. The molecule has 0 radical (unpaired) electrons. The van der Waals surface area contributed by atoms with Gasteiger partial charge in [-0.2, -0.15) is 0 Å². The lowest BCUT2D eigenvalue weighted by molar-refractivity contribution is -0.305. The quantitative estimate of drug-likeness (QED) is 0.0271. The van der Waals surface area contributed by atoms with Crippen molar-refractivity contribution in [3.63, 3.8) is 0 Å². The minimum atomic E-state index is -1.55. The van der Waals surface area contributed by atoms with Gasteiger partial charge < -0.3 is 39.4 Å². The van der Waals surface area contributed by atoms with Gasteiger partial charge in [0.1, 0.15) is 30.5 Å². The molecular formula is C53H86O9. The molecule has 0 spiro atoms. The Morgan fingerprint density at radius 3 is 1.40 bits per heavy atom. The summed E-state index contributed by atoms with van der Waals surface area (Å²) in [5, 5.41) is 40.2. The Morgan fingerprint density at radius 2 is 0.935 bits per heavy atom. The number of hydrogen-bond donors (Lipinski definition) is 4. The van der Waals surface area contributed by atoms with Crippen LogP contribution in [0.3, 0.4) is 0 Å². The van der Waals surface area contributed by atoms with Crippen molar-refractivity contribution in [2.75, 3.05) is 26.4 Å². The minimum Gasteiger partial charge on any atom is -0.457 e. The maximum absolute atomic E-state index is 12.8. The summed E-state index contributed by atoms with van der Waals surface area (Å²) < 4.78 is 22.8. The number of rotatable bonds is 39. The van der Waals surface area contributed by atoms with Crippen molar-refractivity contribution < 1.29 is 44.2 Å². The third-order valence-electron chi connectivity index (χ3n) is 10.2. The second-order valence-corrected chi connectivity index (χ2v) is 15.8. The molecule has 1 aliphatic rings. The molecule has 9 nitrogen and oxygen atoms in total. The molecule has 0 aromatic rings. The first-order valence-electron chi connectivity index (χ1n) is 24.0. The van der Waals surface area contributed by atoms with Crippen molar-refractivity contribution in [1.82, 2.24) is 0 Å². The molecule has 62 heavy (non-hydrogen) atoms. The molecule has 0 bridgehead atoms. The Bertz CT molecular complexity index is 1310. The minimum absolute atomic E-state index is 0.116. The highest BCUT2D eigenvalue weighted by Gasteiger charge is 2.44. The number of allylic oxidation sites excluding steroid dienone is 18. The monoisotopic (exact) mass is 867 g/mol. The van der Waals surface area contributed by atoms with E-state index in [0.717, 1.165) is 116 Å². The highest BCUT2D eigenvalue weighted by atomic mass is 16.7. The van der Waals surface area contributed by atoms with Crippen molar-refractivity contribution in [2.45, 2.75) is 192 Å². The predicted octanol–water partition coefficient (Wildman–Crippen LogP) is 11.4. The average Bonchev–Trinajstić information content (AvgIpc) is 3.27. The summed E-state index contributed by atoms with van der Waals surface area (Å²) in [6, 6.07) is 0. The van der Waals surface area contributed by atoms with Crippen LogP contribution in [0.1, 0.15) is 155 Å². The zero-order valence-electron chi connectivity index (χ0n) is 38.6. The van der Waals surface area contributed by atoms with Gasteiger partial charge in [0, 0.05) is 13.0 Å². The van der Waals surface area contributed by atoms with E-state index in [-0.39, 0.29) is 25.6 Å². The number of aliphatic hydroxyl groups excluding tert-OH is 4. The van der Waals surface area contributed by atoms with E-state index in [2.05, 4.69) is 123 Å². The van der Waals surface area contributed by atoms with Crippen molar-refractivity contribution in [3.8, 4) is 0 Å². The van der Waals surface area contributed by atoms with Gasteiger partial charge in [-0.05, 0) is 96.3 Å². The van der Waals surface area contributed by atoms with Gasteiger partial charge in [0.2, 0.25) is 0 Å². The third-order valence-corrected chi connectivity index (χ3v) is 10.2. The molecule has 0 aromatic carbocycles. The summed E-state index contributed by atoms with van der Waals surface area (Å²) in [6.07, 6.45) is 54.0. The van der Waals surface area contributed by atoms with Gasteiger partial charge in [0.05, 0.1) is 19.8 Å². The SMILES string of the molecule is CC/C=C\C/C=C\C/C=C\C/C=C\C/C=C\CCCCCCCCOCC(COC1OC(CO)C(O)C(O)C1O)OC(=O)CCCCCC/C=C\C/C=C\C/C=C\C/C=C\CC. The molecule has 9 heteroatoms. The van der Waals surface area contributed by atoms with E-state index in [1.807, 2.05) is 0 Å². The van der Waals surface area contributed by atoms with Crippen LogP contribution in [0.2, 0.25) is 0 Å². The molecule has 352 valence electrons. The van der Waals surface area contributed by atoms with Gasteiger partial charge in [0.25, 0.3) is 0 Å². The number of carbonyl (C=O) groups is 1. The summed E-state index contributed by atoms with van der Waals surface area (Å²) in [4.78, 5) is 12.8. The van der Waals surface area contributed by atoms with Crippen LogP contribution < -0.4 is 0 Å². The predicted molar refractivity (Wildman–Crippen MR) is 256 cm³/mol. The number of carbonyl (C=O) groups excluding carboxylic acids is 1. The van der Waals surface area contributed by atoms with E-state index in [1.54, 1.807) is 0 Å². The van der Waals surface area contributed by atoms with Crippen LogP contribution >= 0.6 is 0 Å². The van der Waals surface area contributed by atoms with Crippen LogP contribution in [0.4, 0.5) is 0 Å². The fourth-order valence-electron chi connectivity index (χ4n) is 6.51. The Balaban J connectivity index is 2.28. The summed E-state index contributed by atoms with van der Waals surface area (Å²) in [7, 11) is 0. The van der Waals surface area contributed by atoms with Crippen molar-refractivity contribution in [3.05, 3.63) is 109 Å². The fourth-order valence-corrected chi connectivity index (χ4v) is 6.51. The average molecular weight is 867 g/mol. The lowest BCUT2D eigenvalue weighted by Crippen LogP contribution is -2.59. The number of ether oxygens (including phenoxy) is 4. The highest BCUT2D eigenvalue weighted by molar-refractivity contribution is 5.69. The highest BCUT2D eigenvalue weighted by Crippen LogP contribution is 2.22. The topological polar surface area (TPSA) is 135 Å². The van der Waals surface area contributed by atoms with Gasteiger partial charge in [-0.15, -0.1) is 0 Å². The second-order valence-electron chi connectivity index (χ2n) is 15.8. The first-order chi connectivity index (χ1) is 30.4. The van der Waals surface area contributed by atoms with Crippen molar-refractivity contribution in [2.24, 2.45) is 0 Å². The van der Waals surface area contributed by atoms with E-state index < -0.39 is 43.4 Å². The molecule has 1 heterocycles. The Morgan fingerprint density at radius 1 is 0.516 bits per heavy atom. The molecule has 0 saturated carbocycles. The molecule has 0 amide bonds. The third kappa shape index (κ3) is 33.4. The van der Waals surface area contributed by atoms with E-state index in [9.17, 15) is 25.2 Å². The molecule has 1 aliphatic heterocycles. The van der Waals surface area contributed by atoms with E-state index >= 15 is 0 Å². The molecule has 1 rings (SSSR count). The lowest BCUT2D eigenvalue weighted by atomic mass is 9.99. The number of aliphatic hydroxyl groups is 4. The normalized spacial score (nSPS) is 20.8. The van der Waals surface area contributed by atoms with Crippen LogP contribution in [0.15, 0.2) is 109 Å². The van der Waals surface area contributed by atoms with Gasteiger partial charge in [-0.25, -0.2) is 0 Å². The van der Waals surface area contributed by atoms with E-state index in [4.69, 9.17) is 18.9 Å². The molecule has 0 aliphatic carbocycles. The number of hydrogen-bond acceptors (Lipinski definition) is 9. The first-order valence-corrected chi connectivity index (χ1v) is 24.0. The zero-order valence-corrected chi connectivity index (χ0v) is 38.6. The summed E-state index contributed by atoms with van der Waals surface area (Å²) in [6.45, 7) is 4.24. The van der Waals surface area contributed by atoms with E-state index in [1.165, 1.54) is 19.3 Å². The summed E-state index contributed by atoms with van der Waals surface area (Å²) in [5.41, 5.74) is 0. The Labute approximate surface area is 376 Å². The van der Waals surface area contributed by atoms with Gasteiger partial charge >= 0.3 is 5.97 Å². The molecule has 1 fully saturated rings. The maximum Gasteiger partial charge on any atom is 0.306 e. The first kappa shape index (κ1) is 56.9. The second kappa shape index (κ2) is 43.1. The maximum atomic E-state index is 12.8. The Kier molecular flexibility index (Phi) is 39.5. The van der Waals surface area contributed by atoms with Gasteiger partial charge in [-0.3, -0.25) is 4.79 Å². The van der Waals surface area contributed by atoms with E-state index in [0.29, 0.717) is 6.61 Å². The molecular weight excluding hydrogens is 781 g/mol. The van der Waals surface area contributed by atoms with Crippen LogP contribution in [-0.2, 0) is 23.7 Å². The number of esters is 1. The molecule has 6 atom stereocenters. The van der Waals surface area contributed by atoms with Crippen molar-refractivity contribution >= 4 is 5.97 Å². The molecule has 1 saturated heterocycles. The smallest absolute Gasteiger partial charge is 0.306 e. The van der Waals surface area contributed by atoms with Crippen molar-refractivity contribution in [1.29, 1.82) is 0 Å². The van der Waals surface area contributed by atoms with Crippen LogP contribution in [-0.4, -0.2) is 89.6 Å². The molecule has 0 aromatic heterocycles. The summed E-state index contributed by atoms with van der Waals surface area (Å²) in [5.74, 6) is -0.348. The molecule has 6 unspecified atom stereocenters. The van der Waals surface area contributed by atoms with Crippen LogP contribution in [0.5, 0.6) is 0 Å². The molecule has 4 N–H and O–H groups in total. The zero-order chi connectivity index (χ0) is 45.0. The Hall–Kier alpha value is -3.15. The van der Waals surface area contributed by atoms with Gasteiger partial charge in [0.15, 0.2) is 6.29 Å². The standard InChI is InChI=1S/C53H86O9/c1-3-5-7-9-11-13-15-17-19-21-22-23-24-25-27-29-31-33-35-37-39-41-43-59-45-47(46-60-53-52(58)51(57)50(56)48(44-54)62-53)61-49(55)42-40-38-36-34-32-30-28-26-20-18-16-14-12-10-8-6-4-2/h5-8,11-14,17-20,22-23,25,27-28,30,47-48,50-54,56-58H,3-4,9-10,15-16,21,24,26,29,31-46H2,1-2H3/b7-5-,8-6-,13-11-,14-12-,19-17-,20-18-,23-22-,27-25-,30-28-. The lowest BCUT2D eigenvalue weighted by Gasteiger charge is -2.39. The summed E-state index contributed by atoms with van der Waals surface area (Å²) >= 11 is 0. The van der Waals surface area contributed by atoms with Crippen LogP contribution in [0.25, 0.3) is 0 Å². The fraction of sp³-hybridized carbons (Fsp3) is 0.642. The van der Waals surface area contributed by atoms with Crippen LogP contribution in [0, 0.1) is 0 Å². The van der Waals surface area contributed by atoms with Gasteiger partial charge in [-0.1, -0.05) is 162 Å².